The zero-order chi connectivity index (χ0) is 13.8. The van der Waals surface area contributed by atoms with Gasteiger partial charge in [0.05, 0.1) is 13.2 Å². The largest absolute Gasteiger partial charge is 0.497 e. The van der Waals surface area contributed by atoms with Crippen molar-refractivity contribution in [1.29, 1.82) is 0 Å². The highest BCUT2D eigenvalue weighted by atomic mass is 16.5. The molecule has 0 radical (unpaired) electrons. The van der Waals surface area contributed by atoms with Crippen LogP contribution < -0.4 is 10.5 Å². The van der Waals surface area contributed by atoms with Crippen molar-refractivity contribution < 1.29 is 4.74 Å². The Bertz CT molecular complexity index is 405. The maximum atomic E-state index is 6.27. The standard InChI is InChI=1S/C16H26N2O/c1-4-14-8-6-10-18(14)16(12(2)17)13-7-5-9-15(11-13)19-3/h5,7,9,11-12,14,16H,4,6,8,10,17H2,1-3H3. The first-order chi connectivity index (χ1) is 9.17. The molecule has 1 aliphatic rings. The molecule has 1 heterocycles. The number of hydrogen-bond acceptors (Lipinski definition) is 3. The number of rotatable bonds is 5. The molecule has 1 aliphatic heterocycles. The highest BCUT2D eigenvalue weighted by Gasteiger charge is 2.32. The van der Waals surface area contributed by atoms with Crippen LogP contribution in [0.5, 0.6) is 5.75 Å². The Kier molecular flexibility index (Phi) is 4.83. The van der Waals surface area contributed by atoms with E-state index in [0.717, 1.165) is 12.3 Å². The van der Waals surface area contributed by atoms with E-state index in [2.05, 4.69) is 36.9 Å². The van der Waals surface area contributed by atoms with E-state index < -0.39 is 0 Å². The first kappa shape index (κ1) is 14.4. The molecule has 2 N–H and O–H groups in total. The second kappa shape index (κ2) is 6.40. The van der Waals surface area contributed by atoms with Crippen LogP contribution in [0.25, 0.3) is 0 Å². The summed E-state index contributed by atoms with van der Waals surface area (Å²) in [6.45, 7) is 5.53. The minimum atomic E-state index is 0.124. The van der Waals surface area contributed by atoms with Crippen molar-refractivity contribution in [3.63, 3.8) is 0 Å². The third-order valence-electron chi connectivity index (χ3n) is 4.18. The molecule has 0 amide bonds. The van der Waals surface area contributed by atoms with Gasteiger partial charge in [-0.15, -0.1) is 0 Å². The molecule has 0 bridgehead atoms. The van der Waals surface area contributed by atoms with E-state index in [0.29, 0.717) is 12.1 Å². The summed E-state index contributed by atoms with van der Waals surface area (Å²) in [5.74, 6) is 0.912. The molecule has 1 fully saturated rings. The van der Waals surface area contributed by atoms with Gasteiger partial charge in [0, 0.05) is 12.1 Å². The molecule has 3 unspecified atom stereocenters. The third kappa shape index (κ3) is 3.10. The Labute approximate surface area is 116 Å². The molecule has 1 aromatic rings. The van der Waals surface area contributed by atoms with Gasteiger partial charge >= 0.3 is 0 Å². The van der Waals surface area contributed by atoms with Crippen LogP contribution >= 0.6 is 0 Å². The van der Waals surface area contributed by atoms with Gasteiger partial charge in [0.2, 0.25) is 0 Å². The summed E-state index contributed by atoms with van der Waals surface area (Å²) in [5, 5.41) is 0. The number of benzene rings is 1. The molecule has 3 heteroatoms. The highest BCUT2D eigenvalue weighted by Crippen LogP contribution is 2.33. The lowest BCUT2D eigenvalue weighted by atomic mass is 9.97. The number of hydrogen-bond donors (Lipinski definition) is 1. The van der Waals surface area contributed by atoms with Gasteiger partial charge in [-0.25, -0.2) is 0 Å². The van der Waals surface area contributed by atoms with Crippen LogP contribution in [0.2, 0.25) is 0 Å². The van der Waals surface area contributed by atoms with E-state index in [-0.39, 0.29) is 6.04 Å². The average Bonchev–Trinajstić information content (AvgIpc) is 2.87. The van der Waals surface area contributed by atoms with Crippen LogP contribution in [-0.4, -0.2) is 30.6 Å². The van der Waals surface area contributed by atoms with Crippen molar-refractivity contribution in [1.82, 2.24) is 4.90 Å². The predicted octanol–water partition coefficient (Wildman–Crippen LogP) is 2.96. The fourth-order valence-corrected chi connectivity index (χ4v) is 3.29. The van der Waals surface area contributed by atoms with Gasteiger partial charge in [-0.1, -0.05) is 19.1 Å². The van der Waals surface area contributed by atoms with Gasteiger partial charge in [-0.2, -0.15) is 0 Å². The maximum Gasteiger partial charge on any atom is 0.119 e. The van der Waals surface area contributed by atoms with Gasteiger partial charge in [0.1, 0.15) is 5.75 Å². The summed E-state index contributed by atoms with van der Waals surface area (Å²) in [6.07, 6.45) is 3.78. The van der Waals surface area contributed by atoms with Gasteiger partial charge in [-0.05, 0) is 50.4 Å². The Morgan fingerprint density at radius 1 is 1.47 bits per heavy atom. The fraction of sp³-hybridized carbons (Fsp3) is 0.625. The van der Waals surface area contributed by atoms with E-state index in [1.54, 1.807) is 7.11 Å². The molecule has 106 valence electrons. The van der Waals surface area contributed by atoms with Crippen LogP contribution in [0.4, 0.5) is 0 Å². The molecular weight excluding hydrogens is 236 g/mol. The Balaban J connectivity index is 2.28. The van der Waals surface area contributed by atoms with Crippen molar-refractivity contribution in [2.45, 2.75) is 51.2 Å². The molecule has 1 aromatic carbocycles. The lowest BCUT2D eigenvalue weighted by molar-refractivity contribution is 0.157. The zero-order valence-electron chi connectivity index (χ0n) is 12.3. The number of methoxy groups -OCH3 is 1. The normalized spacial score (nSPS) is 23.3. The van der Waals surface area contributed by atoms with Crippen molar-refractivity contribution in [2.75, 3.05) is 13.7 Å². The monoisotopic (exact) mass is 262 g/mol. The second-order valence-electron chi connectivity index (χ2n) is 5.52. The molecule has 0 aliphatic carbocycles. The smallest absolute Gasteiger partial charge is 0.119 e. The van der Waals surface area contributed by atoms with Crippen LogP contribution in [0.1, 0.15) is 44.7 Å². The number of ether oxygens (including phenoxy) is 1. The van der Waals surface area contributed by atoms with Gasteiger partial charge in [-0.3, -0.25) is 4.90 Å². The quantitative estimate of drug-likeness (QED) is 0.886. The molecule has 3 nitrogen and oxygen atoms in total. The van der Waals surface area contributed by atoms with E-state index in [9.17, 15) is 0 Å². The van der Waals surface area contributed by atoms with E-state index in [1.165, 1.54) is 24.8 Å². The molecule has 19 heavy (non-hydrogen) atoms. The molecule has 0 spiro atoms. The predicted molar refractivity (Wildman–Crippen MR) is 79.4 cm³/mol. The Hall–Kier alpha value is -1.06. The third-order valence-corrected chi connectivity index (χ3v) is 4.18. The molecule has 2 rings (SSSR count). The van der Waals surface area contributed by atoms with Crippen molar-refractivity contribution in [3.8, 4) is 5.75 Å². The summed E-state index contributed by atoms with van der Waals surface area (Å²) in [7, 11) is 1.71. The highest BCUT2D eigenvalue weighted by molar-refractivity contribution is 5.31. The lowest BCUT2D eigenvalue weighted by Crippen LogP contribution is -2.42. The summed E-state index contributed by atoms with van der Waals surface area (Å²) in [6, 6.07) is 9.42. The summed E-state index contributed by atoms with van der Waals surface area (Å²) >= 11 is 0. The Morgan fingerprint density at radius 2 is 2.26 bits per heavy atom. The summed E-state index contributed by atoms with van der Waals surface area (Å²) in [4.78, 5) is 2.58. The number of likely N-dealkylation sites (tertiary alicyclic amines) is 1. The Morgan fingerprint density at radius 3 is 2.89 bits per heavy atom. The summed E-state index contributed by atoms with van der Waals surface area (Å²) < 4.78 is 5.34. The first-order valence-electron chi connectivity index (χ1n) is 7.32. The van der Waals surface area contributed by atoms with Gasteiger partial charge < -0.3 is 10.5 Å². The first-order valence-corrected chi connectivity index (χ1v) is 7.32. The maximum absolute atomic E-state index is 6.27. The molecule has 3 atom stereocenters. The van der Waals surface area contributed by atoms with Crippen LogP contribution in [0.3, 0.4) is 0 Å². The SMILES string of the molecule is CCC1CCCN1C(c1cccc(OC)c1)C(C)N. The van der Waals surface area contributed by atoms with Gasteiger partial charge in [0.15, 0.2) is 0 Å². The van der Waals surface area contributed by atoms with Crippen LogP contribution in [-0.2, 0) is 0 Å². The fourth-order valence-electron chi connectivity index (χ4n) is 3.29. The molecule has 1 saturated heterocycles. The number of nitrogens with zero attached hydrogens (tertiary/aromatic N) is 1. The zero-order valence-corrected chi connectivity index (χ0v) is 12.3. The van der Waals surface area contributed by atoms with Crippen molar-refractivity contribution >= 4 is 0 Å². The second-order valence-corrected chi connectivity index (χ2v) is 5.52. The van der Waals surface area contributed by atoms with E-state index in [1.807, 2.05) is 6.07 Å². The van der Waals surface area contributed by atoms with E-state index >= 15 is 0 Å². The topological polar surface area (TPSA) is 38.5 Å². The van der Waals surface area contributed by atoms with Crippen LogP contribution in [0, 0.1) is 0 Å². The van der Waals surface area contributed by atoms with Crippen LogP contribution in [0.15, 0.2) is 24.3 Å². The lowest BCUT2D eigenvalue weighted by Gasteiger charge is -2.35. The molecule has 0 saturated carbocycles. The van der Waals surface area contributed by atoms with Crippen molar-refractivity contribution in [3.05, 3.63) is 29.8 Å². The van der Waals surface area contributed by atoms with Crippen molar-refractivity contribution in [2.24, 2.45) is 5.73 Å². The number of nitrogens with two attached hydrogens (primary N) is 1. The summed E-state index contributed by atoms with van der Waals surface area (Å²) in [5.41, 5.74) is 7.55. The minimum Gasteiger partial charge on any atom is -0.497 e. The molecule has 0 aromatic heterocycles. The van der Waals surface area contributed by atoms with E-state index in [4.69, 9.17) is 10.5 Å². The average molecular weight is 262 g/mol. The molecular formula is C16H26N2O. The van der Waals surface area contributed by atoms with Gasteiger partial charge in [0.25, 0.3) is 0 Å². The minimum absolute atomic E-state index is 0.124.